The Hall–Kier alpha value is 0.413. The maximum Gasteiger partial charge on any atom is 0.0919 e. The molecule has 1 rings (SSSR count). The number of hydrogen-bond acceptors (Lipinski definition) is 1. The SMILES string of the molecule is Cl.[Cl-].[Zn].c1c[nH]cn1. The first-order chi connectivity index (χ1) is 2.50. The molecule has 1 N–H and O–H groups in total. The van der Waals surface area contributed by atoms with Crippen LogP contribution in [-0.2, 0) is 19.5 Å². The van der Waals surface area contributed by atoms with Gasteiger partial charge in [0.05, 0.1) is 6.33 Å². The fourth-order valence-corrected chi connectivity index (χ4v) is 0.215. The Balaban J connectivity index is -0.0000000833. The van der Waals surface area contributed by atoms with Crippen LogP contribution in [0.3, 0.4) is 0 Å². The Morgan fingerprint density at radius 3 is 2.12 bits per heavy atom. The standard InChI is InChI=1S/C3H4N2.2ClH.Zn/c1-2-5-3-4-1;;;/h1-3H,(H,4,5);2*1H;/p-1. The fourth-order valence-electron chi connectivity index (χ4n) is 0.215. The number of nitrogens with one attached hydrogen (secondary N) is 1. The van der Waals surface area contributed by atoms with E-state index in [-0.39, 0.29) is 44.3 Å². The van der Waals surface area contributed by atoms with Crippen molar-refractivity contribution >= 4 is 12.4 Å². The predicted molar refractivity (Wildman–Crippen MR) is 25.8 cm³/mol. The van der Waals surface area contributed by atoms with Gasteiger partial charge in [-0.3, -0.25) is 0 Å². The van der Waals surface area contributed by atoms with Crippen molar-refractivity contribution in [3.8, 4) is 0 Å². The Labute approximate surface area is 73.0 Å². The molecule has 44 valence electrons. The van der Waals surface area contributed by atoms with Gasteiger partial charge in [0.2, 0.25) is 0 Å². The van der Waals surface area contributed by atoms with Crippen molar-refractivity contribution in [2.45, 2.75) is 0 Å². The van der Waals surface area contributed by atoms with Crippen LogP contribution >= 0.6 is 12.4 Å². The van der Waals surface area contributed by atoms with Gasteiger partial charge in [-0.15, -0.1) is 12.4 Å². The van der Waals surface area contributed by atoms with Crippen molar-refractivity contribution in [1.82, 2.24) is 9.97 Å². The zero-order chi connectivity index (χ0) is 3.54. The van der Waals surface area contributed by atoms with E-state index in [1.165, 1.54) is 0 Å². The van der Waals surface area contributed by atoms with E-state index in [9.17, 15) is 0 Å². The topological polar surface area (TPSA) is 28.7 Å². The van der Waals surface area contributed by atoms with Gasteiger partial charge in [0.25, 0.3) is 0 Å². The van der Waals surface area contributed by atoms with Crippen molar-refractivity contribution in [1.29, 1.82) is 0 Å². The molecule has 1 heterocycles. The molecule has 0 saturated heterocycles. The molecule has 0 fully saturated rings. The summed E-state index contributed by atoms with van der Waals surface area (Å²) in [6, 6.07) is 0. The summed E-state index contributed by atoms with van der Waals surface area (Å²) in [5.41, 5.74) is 0. The molecule has 1 aromatic rings. The fraction of sp³-hybridized carbons (Fsp3) is 0. The molecule has 0 bridgehead atoms. The third-order valence-corrected chi connectivity index (χ3v) is 0.406. The van der Waals surface area contributed by atoms with Gasteiger partial charge >= 0.3 is 0 Å². The van der Waals surface area contributed by atoms with Crippen LogP contribution in [0.15, 0.2) is 18.7 Å². The normalized spacial score (nSPS) is 5.00. The van der Waals surface area contributed by atoms with Gasteiger partial charge in [-0.25, -0.2) is 4.98 Å². The minimum Gasteiger partial charge on any atom is -1.00 e. The minimum atomic E-state index is 0. The van der Waals surface area contributed by atoms with Crippen LogP contribution < -0.4 is 12.4 Å². The maximum atomic E-state index is 3.67. The molecule has 0 aliphatic carbocycles. The van der Waals surface area contributed by atoms with Crippen molar-refractivity contribution in [3.05, 3.63) is 18.7 Å². The van der Waals surface area contributed by atoms with E-state index in [1.54, 1.807) is 18.7 Å². The summed E-state index contributed by atoms with van der Waals surface area (Å²) >= 11 is 0. The van der Waals surface area contributed by atoms with Crippen LogP contribution in [0.1, 0.15) is 0 Å². The van der Waals surface area contributed by atoms with E-state index in [0.29, 0.717) is 0 Å². The molecule has 0 unspecified atom stereocenters. The second-order valence-corrected chi connectivity index (χ2v) is 0.761. The van der Waals surface area contributed by atoms with E-state index in [2.05, 4.69) is 9.97 Å². The van der Waals surface area contributed by atoms with Gasteiger partial charge in [-0.2, -0.15) is 0 Å². The number of aromatic amines is 1. The average molecular weight is 205 g/mol. The van der Waals surface area contributed by atoms with E-state index in [0.717, 1.165) is 0 Å². The summed E-state index contributed by atoms with van der Waals surface area (Å²) in [7, 11) is 0. The molecule has 5 heteroatoms. The number of rotatable bonds is 0. The Kier molecular flexibility index (Phi) is 20.5. The molecule has 0 aliphatic heterocycles. The molecule has 1 aromatic heterocycles. The van der Waals surface area contributed by atoms with E-state index < -0.39 is 0 Å². The molecule has 8 heavy (non-hydrogen) atoms. The average Bonchev–Trinajstić information content (AvgIpc) is 1.76. The number of H-pyrrole nitrogens is 1. The monoisotopic (exact) mass is 203 g/mol. The van der Waals surface area contributed by atoms with Crippen LogP contribution in [0.5, 0.6) is 0 Å². The summed E-state index contributed by atoms with van der Waals surface area (Å²) in [5, 5.41) is 0. The van der Waals surface area contributed by atoms with Crippen LogP contribution in [0.4, 0.5) is 0 Å². The largest absolute Gasteiger partial charge is 1.00 e. The molecular formula is C3H5Cl2N2Zn-. The number of nitrogens with zero attached hydrogens (tertiary/aromatic N) is 1. The van der Waals surface area contributed by atoms with Gasteiger partial charge in [0.15, 0.2) is 0 Å². The predicted octanol–water partition coefficient (Wildman–Crippen LogP) is -2.17. The molecule has 0 aromatic carbocycles. The molecular weight excluding hydrogens is 200 g/mol. The smallest absolute Gasteiger partial charge is 0.0919 e. The number of aromatic nitrogens is 2. The molecule has 0 atom stereocenters. The summed E-state index contributed by atoms with van der Waals surface area (Å²) in [6.45, 7) is 0. The van der Waals surface area contributed by atoms with Crippen molar-refractivity contribution in [2.75, 3.05) is 0 Å². The Morgan fingerprint density at radius 2 is 2.00 bits per heavy atom. The second kappa shape index (κ2) is 10.4. The van der Waals surface area contributed by atoms with Gasteiger partial charge < -0.3 is 17.4 Å². The minimum absolute atomic E-state index is 0. The van der Waals surface area contributed by atoms with Gasteiger partial charge in [-0.1, -0.05) is 0 Å². The maximum absolute atomic E-state index is 3.67. The molecule has 0 saturated carbocycles. The third kappa shape index (κ3) is 6.41. The summed E-state index contributed by atoms with van der Waals surface area (Å²) in [6.07, 6.45) is 5.08. The molecule has 0 spiro atoms. The van der Waals surface area contributed by atoms with Crippen LogP contribution in [0, 0.1) is 0 Å². The third-order valence-electron chi connectivity index (χ3n) is 0.406. The van der Waals surface area contributed by atoms with E-state index >= 15 is 0 Å². The van der Waals surface area contributed by atoms with E-state index in [1.807, 2.05) is 0 Å². The summed E-state index contributed by atoms with van der Waals surface area (Å²) in [5.74, 6) is 0. The molecule has 0 radical (unpaired) electrons. The van der Waals surface area contributed by atoms with Crippen molar-refractivity contribution in [3.63, 3.8) is 0 Å². The van der Waals surface area contributed by atoms with Crippen molar-refractivity contribution in [2.24, 2.45) is 0 Å². The summed E-state index contributed by atoms with van der Waals surface area (Å²) in [4.78, 5) is 6.42. The first kappa shape index (κ1) is 15.8. The second-order valence-electron chi connectivity index (χ2n) is 0.761. The van der Waals surface area contributed by atoms with Crippen LogP contribution in [-0.4, -0.2) is 9.97 Å². The first-order valence-corrected chi connectivity index (χ1v) is 1.43. The zero-order valence-electron chi connectivity index (χ0n) is 4.17. The van der Waals surface area contributed by atoms with Gasteiger partial charge in [-0.05, 0) is 0 Å². The Morgan fingerprint density at radius 1 is 1.38 bits per heavy atom. The Bertz CT molecular complexity index is 71.8. The number of hydrogen-bond donors (Lipinski definition) is 1. The molecule has 2 nitrogen and oxygen atoms in total. The number of imidazole rings is 1. The molecule has 0 amide bonds. The van der Waals surface area contributed by atoms with Gasteiger partial charge in [0, 0.05) is 31.9 Å². The van der Waals surface area contributed by atoms with Crippen LogP contribution in [0.2, 0.25) is 0 Å². The van der Waals surface area contributed by atoms with Crippen molar-refractivity contribution < 1.29 is 31.9 Å². The van der Waals surface area contributed by atoms with Gasteiger partial charge in [0.1, 0.15) is 0 Å². The summed E-state index contributed by atoms with van der Waals surface area (Å²) < 4.78 is 0. The zero-order valence-corrected chi connectivity index (χ0v) is 8.71. The quantitative estimate of drug-likeness (QED) is 0.480. The van der Waals surface area contributed by atoms with E-state index in [4.69, 9.17) is 0 Å². The van der Waals surface area contributed by atoms with Crippen LogP contribution in [0.25, 0.3) is 0 Å². The number of halogens is 2. The first-order valence-electron chi connectivity index (χ1n) is 1.43. The molecule has 0 aliphatic rings.